The molecule has 0 aliphatic heterocycles. The lowest BCUT2D eigenvalue weighted by molar-refractivity contribution is -0.118. The number of halogens is 1. The van der Waals surface area contributed by atoms with Crippen LogP contribution in [0.15, 0.2) is 48.5 Å². The number of methoxy groups -OCH3 is 1. The molecule has 0 radical (unpaired) electrons. The molecule has 2 heterocycles. The smallest absolute Gasteiger partial charge is 0.264 e. The summed E-state index contributed by atoms with van der Waals surface area (Å²) in [5.74, 6) is 1.50. The van der Waals surface area contributed by atoms with Gasteiger partial charge in [0.05, 0.1) is 7.11 Å². The van der Waals surface area contributed by atoms with Gasteiger partial charge in [0.2, 0.25) is 10.1 Å². The normalized spacial score (nSPS) is 10.8. The lowest BCUT2D eigenvalue weighted by atomic mass is 10.2. The average Bonchev–Trinajstić information content (AvgIpc) is 3.27. The van der Waals surface area contributed by atoms with E-state index in [2.05, 4.69) is 20.6 Å². The Morgan fingerprint density at radius 3 is 2.71 bits per heavy atom. The summed E-state index contributed by atoms with van der Waals surface area (Å²) in [6.07, 6.45) is 0. The zero-order chi connectivity index (χ0) is 19.5. The maximum atomic E-state index is 12.2. The van der Waals surface area contributed by atoms with Gasteiger partial charge in [0.15, 0.2) is 12.4 Å². The van der Waals surface area contributed by atoms with Gasteiger partial charge in [-0.1, -0.05) is 35.1 Å². The van der Waals surface area contributed by atoms with E-state index in [1.807, 2.05) is 12.1 Å². The van der Waals surface area contributed by atoms with Gasteiger partial charge in [-0.2, -0.15) is 4.52 Å². The van der Waals surface area contributed by atoms with Gasteiger partial charge in [0.25, 0.3) is 5.91 Å². The number of carbonyl (C=O) groups is 1. The Labute approximate surface area is 168 Å². The average molecular weight is 416 g/mol. The van der Waals surface area contributed by atoms with Crippen LogP contribution in [0.3, 0.4) is 0 Å². The van der Waals surface area contributed by atoms with E-state index in [0.29, 0.717) is 32.4 Å². The number of benzene rings is 2. The molecule has 0 spiro atoms. The number of nitrogens with zero attached hydrogens (tertiary/aromatic N) is 4. The number of anilines is 1. The van der Waals surface area contributed by atoms with Crippen LogP contribution in [0.2, 0.25) is 5.02 Å². The molecule has 28 heavy (non-hydrogen) atoms. The third-order valence-electron chi connectivity index (χ3n) is 3.75. The molecule has 1 amide bonds. The molecule has 4 rings (SSSR count). The predicted octanol–water partition coefficient (Wildman–Crippen LogP) is 3.53. The fourth-order valence-electron chi connectivity index (χ4n) is 2.45. The highest BCUT2D eigenvalue weighted by molar-refractivity contribution is 7.20. The molecule has 4 aromatic rings. The Bertz CT molecular complexity index is 1130. The number of fused-ring (bicyclic) bond motifs is 1. The van der Waals surface area contributed by atoms with Gasteiger partial charge in [-0.3, -0.25) is 10.1 Å². The molecule has 0 bridgehead atoms. The first-order valence-electron chi connectivity index (χ1n) is 8.17. The molecule has 0 saturated carbocycles. The van der Waals surface area contributed by atoms with E-state index < -0.39 is 0 Å². The van der Waals surface area contributed by atoms with E-state index in [1.165, 1.54) is 11.3 Å². The third kappa shape index (κ3) is 3.90. The standard InChI is InChI=1S/C18H14ClN5O3S/c1-26-13-5-7-14(8-6-13)27-10-15(25)20-17-23-24-16(21-22-18(24)28-17)11-3-2-4-12(19)9-11/h2-9H,10H2,1H3,(H,20,23,25). The van der Waals surface area contributed by atoms with Gasteiger partial charge in [-0.25, -0.2) is 0 Å². The topological polar surface area (TPSA) is 90.6 Å². The van der Waals surface area contributed by atoms with Crippen LogP contribution in [0, 0.1) is 0 Å². The van der Waals surface area contributed by atoms with Crippen molar-refractivity contribution in [2.75, 3.05) is 19.0 Å². The first-order valence-corrected chi connectivity index (χ1v) is 9.37. The van der Waals surface area contributed by atoms with Crippen molar-refractivity contribution in [2.45, 2.75) is 0 Å². The van der Waals surface area contributed by atoms with Crippen LogP contribution in [0.4, 0.5) is 5.13 Å². The summed E-state index contributed by atoms with van der Waals surface area (Å²) in [4.78, 5) is 12.7. The van der Waals surface area contributed by atoms with Crippen molar-refractivity contribution < 1.29 is 14.3 Å². The molecule has 0 atom stereocenters. The van der Waals surface area contributed by atoms with Gasteiger partial charge in [0, 0.05) is 10.6 Å². The van der Waals surface area contributed by atoms with Gasteiger partial charge >= 0.3 is 0 Å². The van der Waals surface area contributed by atoms with Gasteiger partial charge in [-0.15, -0.1) is 15.3 Å². The van der Waals surface area contributed by atoms with E-state index in [-0.39, 0.29) is 12.5 Å². The minimum absolute atomic E-state index is 0.145. The molecule has 8 nitrogen and oxygen atoms in total. The number of aromatic nitrogens is 4. The van der Waals surface area contributed by atoms with Gasteiger partial charge in [0.1, 0.15) is 11.5 Å². The molecular weight excluding hydrogens is 402 g/mol. The largest absolute Gasteiger partial charge is 0.497 e. The molecule has 2 aromatic heterocycles. The summed E-state index contributed by atoms with van der Waals surface area (Å²) in [5, 5.41) is 16.3. The zero-order valence-corrected chi connectivity index (χ0v) is 16.2. The van der Waals surface area contributed by atoms with Crippen molar-refractivity contribution in [1.82, 2.24) is 19.8 Å². The summed E-state index contributed by atoms with van der Waals surface area (Å²) in [5.41, 5.74) is 0.783. The summed E-state index contributed by atoms with van der Waals surface area (Å²) in [6.45, 7) is -0.145. The van der Waals surface area contributed by atoms with Gasteiger partial charge < -0.3 is 9.47 Å². The summed E-state index contributed by atoms with van der Waals surface area (Å²) < 4.78 is 12.1. The molecule has 0 unspecified atom stereocenters. The van der Waals surface area contributed by atoms with Gasteiger partial charge in [-0.05, 0) is 36.4 Å². The first kappa shape index (κ1) is 18.2. The van der Waals surface area contributed by atoms with Crippen LogP contribution in [0.5, 0.6) is 11.5 Å². The molecule has 0 aliphatic carbocycles. The summed E-state index contributed by atoms with van der Waals surface area (Å²) >= 11 is 7.25. The number of amides is 1. The van der Waals surface area contributed by atoms with E-state index >= 15 is 0 Å². The number of carbonyl (C=O) groups excluding carboxylic acids is 1. The lowest BCUT2D eigenvalue weighted by Gasteiger charge is -2.06. The van der Waals surface area contributed by atoms with E-state index in [0.717, 1.165) is 5.56 Å². The second-order valence-corrected chi connectivity index (χ2v) is 7.04. The number of hydrogen-bond acceptors (Lipinski definition) is 7. The van der Waals surface area contributed by atoms with Crippen molar-refractivity contribution in [1.29, 1.82) is 0 Å². The van der Waals surface area contributed by atoms with Crippen LogP contribution < -0.4 is 14.8 Å². The molecule has 10 heteroatoms. The molecule has 1 N–H and O–H groups in total. The Morgan fingerprint density at radius 1 is 1.18 bits per heavy atom. The van der Waals surface area contributed by atoms with E-state index in [9.17, 15) is 4.79 Å². The lowest BCUT2D eigenvalue weighted by Crippen LogP contribution is -2.20. The van der Waals surface area contributed by atoms with Crippen LogP contribution in [-0.4, -0.2) is 39.4 Å². The second kappa shape index (κ2) is 7.83. The summed E-state index contributed by atoms with van der Waals surface area (Å²) in [7, 11) is 1.58. The highest BCUT2D eigenvalue weighted by Gasteiger charge is 2.15. The maximum Gasteiger partial charge on any atom is 0.264 e. The van der Waals surface area contributed by atoms with Crippen molar-refractivity contribution >= 4 is 38.9 Å². The highest BCUT2D eigenvalue weighted by atomic mass is 35.5. The Hall–Kier alpha value is -3.17. The predicted molar refractivity (Wildman–Crippen MR) is 106 cm³/mol. The number of rotatable bonds is 6. The van der Waals surface area contributed by atoms with Crippen LogP contribution in [0.25, 0.3) is 16.3 Å². The Morgan fingerprint density at radius 2 is 1.96 bits per heavy atom. The van der Waals surface area contributed by atoms with Crippen LogP contribution >= 0.6 is 22.9 Å². The fraction of sp³-hybridized carbons (Fsp3) is 0.111. The molecule has 0 aliphatic rings. The minimum Gasteiger partial charge on any atom is -0.497 e. The number of nitrogens with one attached hydrogen (secondary N) is 1. The highest BCUT2D eigenvalue weighted by Crippen LogP contribution is 2.25. The number of hydrogen-bond donors (Lipinski definition) is 1. The van der Waals surface area contributed by atoms with Crippen LogP contribution in [0.1, 0.15) is 0 Å². The Balaban J connectivity index is 1.43. The molecule has 0 fully saturated rings. The fourth-order valence-corrected chi connectivity index (χ4v) is 3.40. The van der Waals surface area contributed by atoms with E-state index in [4.69, 9.17) is 21.1 Å². The Kier molecular flexibility index (Phi) is 5.09. The SMILES string of the molecule is COc1ccc(OCC(=O)Nc2nn3c(-c4cccc(Cl)c4)nnc3s2)cc1. The third-order valence-corrected chi connectivity index (χ3v) is 4.80. The maximum absolute atomic E-state index is 12.2. The molecule has 142 valence electrons. The summed E-state index contributed by atoms with van der Waals surface area (Å²) in [6, 6.07) is 14.2. The van der Waals surface area contributed by atoms with Crippen molar-refractivity contribution in [3.05, 3.63) is 53.6 Å². The van der Waals surface area contributed by atoms with E-state index in [1.54, 1.807) is 48.0 Å². The zero-order valence-electron chi connectivity index (χ0n) is 14.6. The minimum atomic E-state index is -0.329. The van der Waals surface area contributed by atoms with Crippen molar-refractivity contribution in [3.63, 3.8) is 0 Å². The molecule has 0 saturated heterocycles. The van der Waals surface area contributed by atoms with Crippen molar-refractivity contribution in [3.8, 4) is 22.9 Å². The monoisotopic (exact) mass is 415 g/mol. The van der Waals surface area contributed by atoms with Crippen LogP contribution in [-0.2, 0) is 4.79 Å². The number of ether oxygens (including phenoxy) is 2. The first-order chi connectivity index (χ1) is 13.6. The second-order valence-electron chi connectivity index (χ2n) is 5.65. The van der Waals surface area contributed by atoms with Crippen molar-refractivity contribution in [2.24, 2.45) is 0 Å². The molecular formula is C18H14ClN5O3S. The quantitative estimate of drug-likeness (QED) is 0.518. The molecule has 2 aromatic carbocycles.